The van der Waals surface area contributed by atoms with Crippen LogP contribution in [0.25, 0.3) is 0 Å². The molecule has 2 aromatic rings. The third-order valence-corrected chi connectivity index (χ3v) is 2.49. The van der Waals surface area contributed by atoms with E-state index in [1.165, 1.54) is 0 Å². The standard InChI is InChI=1S/C13H13ClN2O/c1-15-8-10-9-16-6-5-13(10)17-12-4-2-3-11(14)7-12/h2-7,9,15H,8H2,1H3. The van der Waals surface area contributed by atoms with Crippen molar-refractivity contribution >= 4 is 11.6 Å². The van der Waals surface area contributed by atoms with Gasteiger partial charge in [-0.2, -0.15) is 0 Å². The van der Waals surface area contributed by atoms with Gasteiger partial charge in [-0.15, -0.1) is 0 Å². The molecule has 0 spiro atoms. The number of hydrogen-bond acceptors (Lipinski definition) is 3. The fraction of sp³-hybridized carbons (Fsp3) is 0.154. The van der Waals surface area contributed by atoms with Crippen LogP contribution < -0.4 is 10.1 Å². The maximum absolute atomic E-state index is 5.91. The lowest BCUT2D eigenvalue weighted by molar-refractivity contribution is 0.473. The topological polar surface area (TPSA) is 34.2 Å². The summed E-state index contributed by atoms with van der Waals surface area (Å²) in [6, 6.07) is 9.17. The van der Waals surface area contributed by atoms with Crippen molar-refractivity contribution in [1.82, 2.24) is 10.3 Å². The average molecular weight is 249 g/mol. The van der Waals surface area contributed by atoms with Gasteiger partial charge in [0.15, 0.2) is 0 Å². The van der Waals surface area contributed by atoms with E-state index in [2.05, 4.69) is 10.3 Å². The maximum atomic E-state index is 5.91. The molecule has 0 aliphatic rings. The Morgan fingerprint density at radius 1 is 1.35 bits per heavy atom. The average Bonchev–Trinajstić information content (AvgIpc) is 2.32. The Balaban J connectivity index is 2.23. The van der Waals surface area contributed by atoms with Gasteiger partial charge in [0.25, 0.3) is 0 Å². The lowest BCUT2D eigenvalue weighted by Crippen LogP contribution is -2.06. The van der Waals surface area contributed by atoms with Crippen LogP contribution in [0.15, 0.2) is 42.7 Å². The molecule has 1 aromatic carbocycles. The highest BCUT2D eigenvalue weighted by Gasteiger charge is 2.04. The predicted octanol–water partition coefficient (Wildman–Crippen LogP) is 3.25. The van der Waals surface area contributed by atoms with Gasteiger partial charge >= 0.3 is 0 Å². The molecule has 0 atom stereocenters. The number of benzene rings is 1. The molecule has 0 unspecified atom stereocenters. The molecular formula is C13H13ClN2O. The molecule has 0 saturated carbocycles. The van der Waals surface area contributed by atoms with Crippen LogP contribution in [0, 0.1) is 0 Å². The third-order valence-electron chi connectivity index (χ3n) is 2.25. The molecule has 17 heavy (non-hydrogen) atoms. The molecule has 4 heteroatoms. The zero-order chi connectivity index (χ0) is 12.1. The Morgan fingerprint density at radius 2 is 2.24 bits per heavy atom. The normalized spacial score (nSPS) is 10.2. The molecule has 1 N–H and O–H groups in total. The van der Waals surface area contributed by atoms with Gasteiger partial charge in [0.1, 0.15) is 11.5 Å². The van der Waals surface area contributed by atoms with Gasteiger partial charge in [0, 0.05) is 29.5 Å². The Bertz CT molecular complexity index is 502. The molecule has 0 radical (unpaired) electrons. The number of halogens is 1. The van der Waals surface area contributed by atoms with Crippen LogP contribution in [0.3, 0.4) is 0 Å². The molecular weight excluding hydrogens is 236 g/mol. The van der Waals surface area contributed by atoms with Gasteiger partial charge in [0.2, 0.25) is 0 Å². The van der Waals surface area contributed by atoms with Crippen molar-refractivity contribution in [2.75, 3.05) is 7.05 Å². The van der Waals surface area contributed by atoms with E-state index in [-0.39, 0.29) is 0 Å². The van der Waals surface area contributed by atoms with Gasteiger partial charge in [0.05, 0.1) is 0 Å². The summed E-state index contributed by atoms with van der Waals surface area (Å²) < 4.78 is 5.78. The summed E-state index contributed by atoms with van der Waals surface area (Å²) in [6.07, 6.45) is 3.50. The van der Waals surface area contributed by atoms with E-state index in [9.17, 15) is 0 Å². The molecule has 0 fully saturated rings. The van der Waals surface area contributed by atoms with Crippen LogP contribution in [0.5, 0.6) is 11.5 Å². The maximum Gasteiger partial charge on any atom is 0.134 e. The summed E-state index contributed by atoms with van der Waals surface area (Å²) in [4.78, 5) is 4.08. The Labute approximate surface area is 105 Å². The Hall–Kier alpha value is -1.58. The first-order valence-electron chi connectivity index (χ1n) is 5.30. The van der Waals surface area contributed by atoms with E-state index in [4.69, 9.17) is 16.3 Å². The van der Waals surface area contributed by atoms with E-state index >= 15 is 0 Å². The van der Waals surface area contributed by atoms with E-state index < -0.39 is 0 Å². The zero-order valence-corrected chi connectivity index (χ0v) is 10.2. The lowest BCUT2D eigenvalue weighted by atomic mass is 10.2. The SMILES string of the molecule is CNCc1cnccc1Oc1cccc(Cl)c1. The van der Waals surface area contributed by atoms with E-state index in [1.807, 2.05) is 31.3 Å². The van der Waals surface area contributed by atoms with E-state index in [0.717, 1.165) is 17.1 Å². The van der Waals surface area contributed by atoms with E-state index in [1.54, 1.807) is 18.5 Å². The predicted molar refractivity (Wildman–Crippen MR) is 68.5 cm³/mol. The first-order chi connectivity index (χ1) is 8.29. The summed E-state index contributed by atoms with van der Waals surface area (Å²) in [6.45, 7) is 0.712. The minimum Gasteiger partial charge on any atom is -0.457 e. The number of aromatic nitrogens is 1. The largest absolute Gasteiger partial charge is 0.457 e. The summed E-state index contributed by atoms with van der Waals surface area (Å²) in [7, 11) is 1.89. The van der Waals surface area contributed by atoms with E-state index in [0.29, 0.717) is 11.6 Å². The number of pyridine rings is 1. The third kappa shape index (κ3) is 3.19. The highest BCUT2D eigenvalue weighted by atomic mass is 35.5. The fourth-order valence-electron chi connectivity index (χ4n) is 1.49. The second-order valence-electron chi connectivity index (χ2n) is 3.57. The van der Waals surface area contributed by atoms with Crippen LogP contribution in [-0.2, 0) is 6.54 Å². The van der Waals surface area contributed by atoms with Gasteiger partial charge in [-0.25, -0.2) is 0 Å². The molecule has 0 aliphatic heterocycles. The molecule has 2 rings (SSSR count). The quantitative estimate of drug-likeness (QED) is 0.902. The van der Waals surface area contributed by atoms with Crippen molar-refractivity contribution in [1.29, 1.82) is 0 Å². The van der Waals surface area contributed by atoms with Crippen molar-refractivity contribution in [3.63, 3.8) is 0 Å². The second kappa shape index (κ2) is 5.66. The summed E-state index contributed by atoms with van der Waals surface area (Å²) in [5, 5.41) is 3.73. The van der Waals surface area contributed by atoms with Crippen molar-refractivity contribution in [2.24, 2.45) is 0 Å². The molecule has 0 saturated heterocycles. The molecule has 3 nitrogen and oxygen atoms in total. The summed E-state index contributed by atoms with van der Waals surface area (Å²) in [5.41, 5.74) is 1.01. The van der Waals surface area contributed by atoms with Crippen molar-refractivity contribution in [3.8, 4) is 11.5 Å². The summed E-state index contributed by atoms with van der Waals surface area (Å²) in [5.74, 6) is 1.51. The lowest BCUT2D eigenvalue weighted by Gasteiger charge is -2.10. The van der Waals surface area contributed by atoms with Gasteiger partial charge in [-0.1, -0.05) is 17.7 Å². The monoisotopic (exact) mass is 248 g/mol. The van der Waals surface area contributed by atoms with Gasteiger partial charge < -0.3 is 10.1 Å². The highest BCUT2D eigenvalue weighted by molar-refractivity contribution is 6.30. The summed E-state index contributed by atoms with van der Waals surface area (Å²) >= 11 is 5.91. The molecule has 0 aliphatic carbocycles. The number of hydrogen-bond donors (Lipinski definition) is 1. The van der Waals surface area contributed by atoms with Crippen LogP contribution >= 0.6 is 11.6 Å². The van der Waals surface area contributed by atoms with Crippen LogP contribution in [0.1, 0.15) is 5.56 Å². The highest BCUT2D eigenvalue weighted by Crippen LogP contribution is 2.26. The first kappa shape index (κ1) is 11.9. The Kier molecular flexibility index (Phi) is 3.96. The van der Waals surface area contributed by atoms with Crippen molar-refractivity contribution in [3.05, 3.63) is 53.3 Å². The number of rotatable bonds is 4. The van der Waals surface area contributed by atoms with Gasteiger partial charge in [-0.3, -0.25) is 4.98 Å². The molecule has 88 valence electrons. The minimum atomic E-state index is 0.659. The molecule has 1 aromatic heterocycles. The van der Waals surface area contributed by atoms with Crippen LogP contribution in [0.2, 0.25) is 5.02 Å². The first-order valence-corrected chi connectivity index (χ1v) is 5.68. The minimum absolute atomic E-state index is 0.659. The smallest absolute Gasteiger partial charge is 0.134 e. The fourth-order valence-corrected chi connectivity index (χ4v) is 1.67. The zero-order valence-electron chi connectivity index (χ0n) is 9.48. The molecule has 0 amide bonds. The van der Waals surface area contributed by atoms with Gasteiger partial charge in [-0.05, 0) is 31.3 Å². The van der Waals surface area contributed by atoms with Crippen molar-refractivity contribution in [2.45, 2.75) is 6.54 Å². The number of nitrogens with zero attached hydrogens (tertiary/aromatic N) is 1. The molecule has 1 heterocycles. The Morgan fingerprint density at radius 3 is 3.00 bits per heavy atom. The number of ether oxygens (including phenoxy) is 1. The van der Waals surface area contributed by atoms with Crippen LogP contribution in [-0.4, -0.2) is 12.0 Å². The molecule has 0 bridgehead atoms. The van der Waals surface area contributed by atoms with Crippen LogP contribution in [0.4, 0.5) is 0 Å². The van der Waals surface area contributed by atoms with Crippen molar-refractivity contribution < 1.29 is 4.74 Å². The number of nitrogens with one attached hydrogen (secondary N) is 1. The second-order valence-corrected chi connectivity index (χ2v) is 4.01.